The summed E-state index contributed by atoms with van der Waals surface area (Å²) < 4.78 is 1.48. The van der Waals surface area contributed by atoms with Gasteiger partial charge in [-0.05, 0) is 24.6 Å². The van der Waals surface area contributed by atoms with Crippen LogP contribution in [-0.4, -0.2) is 14.7 Å². The zero-order valence-electron chi connectivity index (χ0n) is 8.12. The zero-order valence-corrected chi connectivity index (χ0v) is 8.12. The summed E-state index contributed by atoms with van der Waals surface area (Å²) in [6.07, 6.45) is 3.27. The average Bonchev–Trinajstić information content (AvgIpc) is 2.70. The van der Waals surface area contributed by atoms with Crippen molar-refractivity contribution >= 4 is 5.69 Å². The molecule has 2 rings (SSSR count). The third-order valence-corrected chi connectivity index (χ3v) is 2.08. The highest BCUT2D eigenvalue weighted by Crippen LogP contribution is 2.22. The third kappa shape index (κ3) is 1.71. The van der Waals surface area contributed by atoms with Crippen LogP contribution >= 0.6 is 0 Å². The van der Waals surface area contributed by atoms with Gasteiger partial charge in [0.15, 0.2) is 0 Å². The number of rotatable bonds is 2. The normalized spacial score (nSPS) is 10.2. The van der Waals surface area contributed by atoms with Crippen molar-refractivity contribution in [2.75, 3.05) is 0 Å². The van der Waals surface area contributed by atoms with E-state index >= 15 is 0 Å². The third-order valence-electron chi connectivity index (χ3n) is 2.08. The fourth-order valence-corrected chi connectivity index (χ4v) is 1.38. The lowest BCUT2D eigenvalue weighted by atomic mass is 10.2. The Morgan fingerprint density at radius 3 is 2.87 bits per heavy atom. The molecule has 1 aromatic heterocycles. The molecule has 0 amide bonds. The van der Waals surface area contributed by atoms with Crippen molar-refractivity contribution in [1.29, 1.82) is 0 Å². The topological polar surface area (TPSA) is 61.0 Å². The van der Waals surface area contributed by atoms with Gasteiger partial charge in [0.1, 0.15) is 5.69 Å². The fourth-order valence-electron chi connectivity index (χ4n) is 1.38. The molecule has 0 atom stereocenters. The number of nitro groups is 1. The SMILES string of the molecule is Cc1ccc(-n2cccn2)c([N+](=O)[O-])c1. The van der Waals surface area contributed by atoms with Crippen molar-refractivity contribution in [1.82, 2.24) is 9.78 Å². The number of nitro benzene ring substituents is 1. The maximum atomic E-state index is 10.8. The summed E-state index contributed by atoms with van der Waals surface area (Å²) in [6, 6.07) is 6.78. The number of aromatic nitrogens is 2. The molecule has 0 spiro atoms. The molecule has 0 saturated heterocycles. The standard InChI is InChI=1S/C10H9N3O2/c1-8-3-4-9(10(7-8)13(14)15)12-6-2-5-11-12/h2-7H,1H3. The Balaban J connectivity index is 2.61. The molecule has 0 bridgehead atoms. The first-order valence-corrected chi connectivity index (χ1v) is 4.43. The van der Waals surface area contributed by atoms with Crippen LogP contribution in [0.1, 0.15) is 5.56 Å². The maximum Gasteiger partial charge on any atom is 0.295 e. The van der Waals surface area contributed by atoms with Crippen molar-refractivity contribution in [3.8, 4) is 5.69 Å². The lowest BCUT2D eigenvalue weighted by molar-refractivity contribution is -0.384. The summed E-state index contributed by atoms with van der Waals surface area (Å²) in [7, 11) is 0. The molecule has 0 unspecified atom stereocenters. The van der Waals surface area contributed by atoms with E-state index in [0.29, 0.717) is 5.69 Å². The number of benzene rings is 1. The molecule has 0 aliphatic rings. The van der Waals surface area contributed by atoms with Crippen LogP contribution in [0, 0.1) is 17.0 Å². The van der Waals surface area contributed by atoms with Crippen molar-refractivity contribution in [2.24, 2.45) is 0 Å². The Bertz CT molecular complexity index is 491. The Hall–Kier alpha value is -2.17. The highest BCUT2D eigenvalue weighted by Gasteiger charge is 2.14. The van der Waals surface area contributed by atoms with Gasteiger partial charge in [-0.15, -0.1) is 0 Å². The number of hydrogen-bond donors (Lipinski definition) is 0. The van der Waals surface area contributed by atoms with Crippen LogP contribution in [-0.2, 0) is 0 Å². The molecule has 1 aromatic carbocycles. The van der Waals surface area contributed by atoms with Gasteiger partial charge in [-0.1, -0.05) is 6.07 Å². The second-order valence-corrected chi connectivity index (χ2v) is 3.20. The molecule has 0 saturated carbocycles. The van der Waals surface area contributed by atoms with E-state index in [2.05, 4.69) is 5.10 Å². The summed E-state index contributed by atoms with van der Waals surface area (Å²) >= 11 is 0. The summed E-state index contributed by atoms with van der Waals surface area (Å²) in [4.78, 5) is 10.4. The molecular formula is C10H9N3O2. The van der Waals surface area contributed by atoms with E-state index in [4.69, 9.17) is 0 Å². The predicted octanol–water partition coefficient (Wildman–Crippen LogP) is 2.09. The number of aryl methyl sites for hydroxylation is 1. The first kappa shape index (κ1) is 9.39. The molecule has 0 aliphatic carbocycles. The van der Waals surface area contributed by atoms with E-state index in [-0.39, 0.29) is 5.69 Å². The molecule has 2 aromatic rings. The van der Waals surface area contributed by atoms with Crippen LogP contribution in [0.25, 0.3) is 5.69 Å². The fraction of sp³-hybridized carbons (Fsp3) is 0.100. The molecule has 15 heavy (non-hydrogen) atoms. The van der Waals surface area contributed by atoms with Gasteiger partial charge in [0.2, 0.25) is 0 Å². The predicted molar refractivity (Wildman–Crippen MR) is 55.0 cm³/mol. The summed E-state index contributed by atoms with van der Waals surface area (Å²) in [5.41, 5.74) is 1.41. The minimum atomic E-state index is -0.399. The van der Waals surface area contributed by atoms with E-state index in [1.165, 1.54) is 10.7 Å². The minimum Gasteiger partial charge on any atom is -0.258 e. The largest absolute Gasteiger partial charge is 0.295 e. The van der Waals surface area contributed by atoms with Gasteiger partial charge in [0, 0.05) is 18.5 Å². The van der Waals surface area contributed by atoms with Gasteiger partial charge < -0.3 is 0 Å². The smallest absolute Gasteiger partial charge is 0.258 e. The van der Waals surface area contributed by atoms with Crippen LogP contribution < -0.4 is 0 Å². The van der Waals surface area contributed by atoms with Crippen molar-refractivity contribution in [2.45, 2.75) is 6.92 Å². The van der Waals surface area contributed by atoms with Crippen LogP contribution in [0.2, 0.25) is 0 Å². The van der Waals surface area contributed by atoms with Crippen LogP contribution in [0.15, 0.2) is 36.7 Å². The van der Waals surface area contributed by atoms with Crippen molar-refractivity contribution in [3.05, 3.63) is 52.3 Å². The van der Waals surface area contributed by atoms with Gasteiger partial charge in [-0.3, -0.25) is 10.1 Å². The van der Waals surface area contributed by atoms with Crippen LogP contribution in [0.4, 0.5) is 5.69 Å². The average molecular weight is 203 g/mol. The Morgan fingerprint density at radius 2 is 2.27 bits per heavy atom. The Labute approximate surface area is 86.1 Å². The molecule has 0 aliphatic heterocycles. The molecule has 5 heteroatoms. The molecular weight excluding hydrogens is 194 g/mol. The number of nitrogens with zero attached hydrogens (tertiary/aromatic N) is 3. The van der Waals surface area contributed by atoms with Gasteiger partial charge >= 0.3 is 0 Å². The van der Waals surface area contributed by atoms with Crippen molar-refractivity contribution in [3.63, 3.8) is 0 Å². The summed E-state index contributed by atoms with van der Waals surface area (Å²) in [6.45, 7) is 1.82. The number of hydrogen-bond acceptors (Lipinski definition) is 3. The van der Waals surface area contributed by atoms with Crippen molar-refractivity contribution < 1.29 is 4.92 Å². The molecule has 0 fully saturated rings. The first-order valence-electron chi connectivity index (χ1n) is 4.43. The van der Waals surface area contributed by atoms with E-state index in [1.807, 2.05) is 13.0 Å². The molecule has 0 radical (unpaired) electrons. The van der Waals surface area contributed by atoms with Crippen LogP contribution in [0.5, 0.6) is 0 Å². The highest BCUT2D eigenvalue weighted by atomic mass is 16.6. The van der Waals surface area contributed by atoms with Gasteiger partial charge in [0.25, 0.3) is 5.69 Å². The van der Waals surface area contributed by atoms with E-state index in [9.17, 15) is 10.1 Å². The summed E-state index contributed by atoms with van der Waals surface area (Å²) in [5, 5.41) is 14.8. The monoisotopic (exact) mass is 203 g/mol. The maximum absolute atomic E-state index is 10.8. The Kier molecular flexibility index (Phi) is 2.21. The quantitative estimate of drug-likeness (QED) is 0.554. The van der Waals surface area contributed by atoms with Gasteiger partial charge in [0.05, 0.1) is 4.92 Å². The second kappa shape index (κ2) is 3.53. The lowest BCUT2D eigenvalue weighted by Crippen LogP contribution is -2.00. The molecule has 1 heterocycles. The first-order chi connectivity index (χ1) is 7.18. The van der Waals surface area contributed by atoms with E-state index in [1.54, 1.807) is 24.5 Å². The van der Waals surface area contributed by atoms with Gasteiger partial charge in [-0.25, -0.2) is 4.68 Å². The molecule has 5 nitrogen and oxygen atoms in total. The summed E-state index contributed by atoms with van der Waals surface area (Å²) in [5.74, 6) is 0. The lowest BCUT2D eigenvalue weighted by Gasteiger charge is -2.03. The Morgan fingerprint density at radius 1 is 1.47 bits per heavy atom. The highest BCUT2D eigenvalue weighted by molar-refractivity contribution is 5.53. The van der Waals surface area contributed by atoms with Crippen LogP contribution in [0.3, 0.4) is 0 Å². The van der Waals surface area contributed by atoms with Gasteiger partial charge in [-0.2, -0.15) is 5.10 Å². The minimum absolute atomic E-state index is 0.0682. The van der Waals surface area contributed by atoms with E-state index in [0.717, 1.165) is 5.56 Å². The second-order valence-electron chi connectivity index (χ2n) is 3.20. The molecule has 76 valence electrons. The van der Waals surface area contributed by atoms with E-state index < -0.39 is 4.92 Å². The zero-order chi connectivity index (χ0) is 10.8. The molecule has 0 N–H and O–H groups in total.